The molecular weight excluding hydrogens is 635 g/mol. The van der Waals surface area contributed by atoms with Crippen molar-refractivity contribution in [3.63, 3.8) is 0 Å². The number of ether oxygens (including phenoxy) is 1. The van der Waals surface area contributed by atoms with E-state index in [1.807, 2.05) is 104 Å². The maximum Gasteiger partial charge on any atom is 0.379 e. The topological polar surface area (TPSA) is 149 Å². The summed E-state index contributed by atoms with van der Waals surface area (Å²) in [5, 5.41) is 0. The number of rotatable bonds is 14. The number of hydroxylamine groups is 1. The Kier molecular flexibility index (Phi) is 9.02. The summed E-state index contributed by atoms with van der Waals surface area (Å²) in [6.07, 6.45) is 9.76. The molecule has 5 aromatic rings. The number of fused-ring (bicyclic) bond motifs is 2. The van der Waals surface area contributed by atoms with Gasteiger partial charge in [0.15, 0.2) is 12.3 Å². The van der Waals surface area contributed by atoms with E-state index in [0.29, 0.717) is 29.7 Å². The molecule has 46 heavy (non-hydrogen) atoms. The maximum atomic E-state index is 12.4. The number of hydrogen-bond acceptors (Lipinski definition) is 9. The van der Waals surface area contributed by atoms with E-state index >= 15 is 0 Å². The van der Waals surface area contributed by atoms with Crippen LogP contribution in [0.4, 0.5) is 5.69 Å². The van der Waals surface area contributed by atoms with Crippen molar-refractivity contribution >= 4 is 43.1 Å². The van der Waals surface area contributed by atoms with E-state index in [0.717, 1.165) is 22.6 Å². The molecule has 0 bridgehead atoms. The number of nitrogens with zero attached hydrogens (tertiary/aromatic N) is 4. The molecule has 3 aromatic heterocycles. The van der Waals surface area contributed by atoms with E-state index in [-0.39, 0.29) is 31.7 Å². The fraction of sp³-hybridized carbons (Fsp3) is 0.258. The Bertz CT molecular complexity index is 2070. The van der Waals surface area contributed by atoms with E-state index in [9.17, 15) is 21.4 Å². The molecule has 2 N–H and O–H groups in total. The SMILES string of the molecule is CCNOS(=O)(=O)CCCN1C(=Cc2oc3ccc(-n4cccc4)cc3[n+]2CCCS(=O)(=O)O)Oc2ccc(-n3cccc3)cc21. The van der Waals surface area contributed by atoms with Crippen LogP contribution < -0.4 is 19.7 Å². The monoisotopic (exact) mass is 668 g/mol. The Hall–Kier alpha value is -4.41. The zero-order chi connectivity index (χ0) is 32.3. The zero-order valence-electron chi connectivity index (χ0n) is 25.0. The van der Waals surface area contributed by atoms with Crippen molar-refractivity contribution in [1.82, 2.24) is 14.6 Å². The molecule has 6 rings (SSSR count). The highest BCUT2D eigenvalue weighted by Gasteiger charge is 2.31. The van der Waals surface area contributed by atoms with Gasteiger partial charge in [0.2, 0.25) is 11.5 Å². The van der Waals surface area contributed by atoms with Crippen molar-refractivity contribution in [2.24, 2.45) is 0 Å². The number of nitrogens with one attached hydrogen (secondary N) is 1. The van der Waals surface area contributed by atoms with Gasteiger partial charge in [-0.1, -0.05) is 6.92 Å². The summed E-state index contributed by atoms with van der Waals surface area (Å²) in [6, 6.07) is 19.1. The first-order chi connectivity index (χ1) is 22.1. The first-order valence-electron chi connectivity index (χ1n) is 14.7. The molecule has 0 atom stereocenters. The third-order valence-electron chi connectivity index (χ3n) is 7.37. The first-order valence-corrected chi connectivity index (χ1v) is 17.9. The third-order valence-corrected chi connectivity index (χ3v) is 9.34. The van der Waals surface area contributed by atoms with Crippen molar-refractivity contribution in [3.05, 3.63) is 97.2 Å². The summed E-state index contributed by atoms with van der Waals surface area (Å²) in [5.74, 6) is 0.727. The number of hydrogen-bond donors (Lipinski definition) is 2. The largest absolute Gasteiger partial charge is 0.438 e. The Morgan fingerprint density at radius 2 is 1.59 bits per heavy atom. The van der Waals surface area contributed by atoms with Gasteiger partial charge in [0, 0.05) is 56.1 Å². The van der Waals surface area contributed by atoms with Crippen molar-refractivity contribution in [3.8, 4) is 17.1 Å². The minimum atomic E-state index is -4.17. The van der Waals surface area contributed by atoms with Crippen LogP contribution in [0.5, 0.6) is 5.75 Å². The summed E-state index contributed by atoms with van der Waals surface area (Å²) in [7, 11) is -7.97. The predicted octanol–water partition coefficient (Wildman–Crippen LogP) is 4.04. The van der Waals surface area contributed by atoms with Gasteiger partial charge in [0.1, 0.15) is 6.08 Å². The Labute approximate surface area is 266 Å². The number of aromatic nitrogens is 3. The molecule has 4 heterocycles. The van der Waals surface area contributed by atoms with E-state index < -0.39 is 26.0 Å². The Morgan fingerprint density at radius 1 is 0.913 bits per heavy atom. The van der Waals surface area contributed by atoms with Crippen LogP contribution in [-0.4, -0.2) is 55.1 Å². The standard InChI is InChI=1S/C31H33N5O8S2/c1-2-32-44-46(40,41)20-8-18-36-27-22-25(34-15-5-6-16-34)10-12-29(27)43-31(36)23-30-35(17-7-19-45(37,38)39)26-21-24(9-11-28(26)42-30)33-13-3-4-14-33/h3-6,9-16,21-23,32H,2,7-8,17-20H2,1H3/p+1. The van der Waals surface area contributed by atoms with Gasteiger partial charge in [0.05, 0.1) is 22.9 Å². The van der Waals surface area contributed by atoms with Crippen LogP contribution in [0.1, 0.15) is 25.7 Å². The van der Waals surface area contributed by atoms with E-state index in [1.165, 1.54) is 0 Å². The number of oxazole rings is 1. The number of aryl methyl sites for hydroxylation is 1. The molecule has 0 saturated heterocycles. The van der Waals surface area contributed by atoms with Crippen LogP contribution in [-0.2, 0) is 31.1 Å². The van der Waals surface area contributed by atoms with E-state index in [1.54, 1.807) is 13.0 Å². The van der Waals surface area contributed by atoms with Gasteiger partial charge < -0.3 is 23.2 Å². The molecule has 1 aliphatic heterocycles. The molecule has 1 aliphatic rings. The van der Waals surface area contributed by atoms with Crippen LogP contribution in [0.15, 0.2) is 95.8 Å². The third kappa shape index (κ3) is 7.18. The average molecular weight is 669 g/mol. The Balaban J connectivity index is 1.38. The van der Waals surface area contributed by atoms with Crippen molar-refractivity contribution < 1.29 is 39.4 Å². The van der Waals surface area contributed by atoms with E-state index in [2.05, 4.69) is 5.48 Å². The normalized spacial score (nSPS) is 14.3. The quantitative estimate of drug-likeness (QED) is 0.101. The van der Waals surface area contributed by atoms with Crippen LogP contribution in [0, 0.1) is 0 Å². The van der Waals surface area contributed by atoms with Gasteiger partial charge in [0.25, 0.3) is 25.8 Å². The molecule has 0 spiro atoms. The Morgan fingerprint density at radius 3 is 2.26 bits per heavy atom. The van der Waals surface area contributed by atoms with Gasteiger partial charge in [-0.2, -0.15) is 31.2 Å². The minimum Gasteiger partial charge on any atom is -0.438 e. The lowest BCUT2D eigenvalue weighted by Crippen LogP contribution is -2.37. The lowest BCUT2D eigenvalue weighted by Gasteiger charge is -2.18. The van der Waals surface area contributed by atoms with Gasteiger partial charge >= 0.3 is 5.89 Å². The van der Waals surface area contributed by atoms with Crippen LogP contribution >= 0.6 is 0 Å². The summed E-state index contributed by atoms with van der Waals surface area (Å²) in [4.78, 5) is 1.88. The highest BCUT2D eigenvalue weighted by molar-refractivity contribution is 7.86. The smallest absolute Gasteiger partial charge is 0.379 e. The zero-order valence-corrected chi connectivity index (χ0v) is 26.7. The molecule has 0 radical (unpaired) electrons. The molecule has 0 unspecified atom stereocenters. The lowest BCUT2D eigenvalue weighted by atomic mass is 10.2. The van der Waals surface area contributed by atoms with Gasteiger partial charge in [-0.3, -0.25) is 4.55 Å². The highest BCUT2D eigenvalue weighted by Crippen LogP contribution is 2.41. The molecule has 0 amide bonds. The first kappa shape index (κ1) is 31.6. The fourth-order valence-electron chi connectivity index (χ4n) is 5.29. The summed E-state index contributed by atoms with van der Waals surface area (Å²) in [6.45, 7) is 2.59. The second-order valence-electron chi connectivity index (χ2n) is 10.6. The molecule has 13 nitrogen and oxygen atoms in total. The second kappa shape index (κ2) is 13.1. The summed E-state index contributed by atoms with van der Waals surface area (Å²) >= 11 is 0. The minimum absolute atomic E-state index is 0.136. The van der Waals surface area contributed by atoms with Crippen molar-refractivity contribution in [2.75, 3.05) is 29.5 Å². The van der Waals surface area contributed by atoms with Crippen molar-refractivity contribution in [2.45, 2.75) is 26.3 Å². The van der Waals surface area contributed by atoms with Gasteiger partial charge in [-0.15, -0.1) is 0 Å². The summed E-state index contributed by atoms with van der Waals surface area (Å²) in [5.41, 5.74) is 6.20. The van der Waals surface area contributed by atoms with Crippen LogP contribution in [0.3, 0.4) is 0 Å². The van der Waals surface area contributed by atoms with Crippen molar-refractivity contribution in [1.29, 1.82) is 0 Å². The maximum absolute atomic E-state index is 12.4. The van der Waals surface area contributed by atoms with Gasteiger partial charge in [-0.25, -0.2) is 0 Å². The highest BCUT2D eigenvalue weighted by atomic mass is 32.2. The van der Waals surface area contributed by atoms with Crippen LogP contribution in [0.2, 0.25) is 0 Å². The molecular formula is C31H34N5O8S2+. The molecule has 0 saturated carbocycles. The molecule has 0 aliphatic carbocycles. The average Bonchev–Trinajstić information content (AvgIpc) is 3.83. The predicted molar refractivity (Wildman–Crippen MR) is 172 cm³/mol. The molecule has 242 valence electrons. The van der Waals surface area contributed by atoms with Gasteiger partial charge in [-0.05, 0) is 61.0 Å². The molecule has 2 aromatic carbocycles. The molecule has 15 heteroatoms. The van der Waals surface area contributed by atoms with E-state index in [4.69, 9.17) is 13.4 Å². The lowest BCUT2D eigenvalue weighted by molar-refractivity contribution is -0.677. The molecule has 0 fully saturated rings. The second-order valence-corrected chi connectivity index (χ2v) is 13.9. The summed E-state index contributed by atoms with van der Waals surface area (Å²) < 4.78 is 80.4. The number of benzene rings is 2. The number of anilines is 1. The van der Waals surface area contributed by atoms with Crippen LogP contribution in [0.25, 0.3) is 28.6 Å². The fourth-order valence-corrected chi connectivity index (χ4v) is 6.65.